The highest BCUT2D eigenvalue weighted by Crippen LogP contribution is 2.24. The summed E-state index contributed by atoms with van der Waals surface area (Å²) in [6.07, 6.45) is 3.12. The van der Waals surface area contributed by atoms with E-state index in [9.17, 15) is 10.2 Å². The van der Waals surface area contributed by atoms with Crippen molar-refractivity contribution in [3.05, 3.63) is 52.8 Å². The molecule has 0 atom stereocenters. The zero-order valence-corrected chi connectivity index (χ0v) is 11.0. The maximum absolute atomic E-state index is 9.99. The van der Waals surface area contributed by atoms with Crippen LogP contribution in [0.2, 0.25) is 0 Å². The van der Waals surface area contributed by atoms with E-state index in [1.807, 2.05) is 31.2 Å². The molecule has 0 fully saturated rings. The lowest BCUT2D eigenvalue weighted by Gasteiger charge is -2.07. The summed E-state index contributed by atoms with van der Waals surface area (Å²) in [5.74, 6) is 0.0592. The van der Waals surface area contributed by atoms with Gasteiger partial charge in [-0.15, -0.1) is 0 Å². The first kappa shape index (κ1) is 13.2. The molecule has 19 heavy (non-hydrogen) atoms. The number of aromatic nitrogens is 1. The summed E-state index contributed by atoms with van der Waals surface area (Å²) < 4.78 is 0. The number of hydrogen-bond donors (Lipinski definition) is 2. The van der Waals surface area contributed by atoms with Gasteiger partial charge in [-0.05, 0) is 25.5 Å². The molecule has 0 unspecified atom stereocenters. The number of hydrogen-bond acceptors (Lipinski definition) is 4. The minimum atomic E-state index is -0.185. The first-order chi connectivity index (χ1) is 9.13. The molecule has 0 bridgehead atoms. The fourth-order valence-electron chi connectivity index (χ4n) is 1.76. The highest BCUT2D eigenvalue weighted by Gasteiger charge is 2.09. The molecule has 0 radical (unpaired) electrons. The number of rotatable bonds is 3. The van der Waals surface area contributed by atoms with Crippen LogP contribution in [-0.4, -0.2) is 21.4 Å². The number of benzene rings is 1. The molecule has 1 aromatic heterocycles. The SMILES string of the molecule is Cc1ccccc1N=Cc1c(CO)cnc(C)c1O. The second-order valence-electron chi connectivity index (χ2n) is 4.33. The van der Waals surface area contributed by atoms with Crippen LogP contribution in [0.15, 0.2) is 35.5 Å². The lowest BCUT2D eigenvalue weighted by Crippen LogP contribution is -1.97. The molecule has 0 saturated heterocycles. The standard InChI is InChI=1S/C15H16N2O2/c1-10-5-3-4-6-14(10)17-8-13-12(9-18)7-16-11(2)15(13)19/h3-8,18-19H,9H2,1-2H3. The Bertz CT molecular complexity index is 622. The van der Waals surface area contributed by atoms with E-state index < -0.39 is 0 Å². The lowest BCUT2D eigenvalue weighted by molar-refractivity contribution is 0.280. The van der Waals surface area contributed by atoms with Crippen molar-refractivity contribution in [2.75, 3.05) is 0 Å². The van der Waals surface area contributed by atoms with Gasteiger partial charge in [0.05, 0.1) is 18.0 Å². The Morgan fingerprint density at radius 1 is 1.26 bits per heavy atom. The summed E-state index contributed by atoms with van der Waals surface area (Å²) >= 11 is 0. The van der Waals surface area contributed by atoms with Gasteiger partial charge in [0.15, 0.2) is 0 Å². The smallest absolute Gasteiger partial charge is 0.145 e. The van der Waals surface area contributed by atoms with E-state index in [0.29, 0.717) is 16.8 Å². The molecule has 98 valence electrons. The number of aliphatic hydroxyl groups is 1. The van der Waals surface area contributed by atoms with Crippen LogP contribution in [0.1, 0.15) is 22.4 Å². The molecular weight excluding hydrogens is 240 g/mol. The molecule has 4 nitrogen and oxygen atoms in total. The maximum atomic E-state index is 9.99. The number of pyridine rings is 1. The van der Waals surface area contributed by atoms with Gasteiger partial charge in [-0.25, -0.2) is 0 Å². The summed E-state index contributed by atoms with van der Waals surface area (Å²) in [7, 11) is 0. The van der Waals surface area contributed by atoms with Crippen LogP contribution in [-0.2, 0) is 6.61 Å². The average Bonchev–Trinajstić information content (AvgIpc) is 2.42. The Hall–Kier alpha value is -2.20. The van der Waals surface area contributed by atoms with Crippen LogP contribution in [0.3, 0.4) is 0 Å². The van der Waals surface area contributed by atoms with Gasteiger partial charge in [0.1, 0.15) is 5.75 Å². The molecule has 4 heteroatoms. The Balaban J connectivity index is 2.44. The first-order valence-corrected chi connectivity index (χ1v) is 6.01. The minimum absolute atomic E-state index is 0.0592. The predicted molar refractivity (Wildman–Crippen MR) is 75.0 cm³/mol. The van der Waals surface area contributed by atoms with Crippen molar-refractivity contribution >= 4 is 11.9 Å². The van der Waals surface area contributed by atoms with Crippen LogP contribution in [0, 0.1) is 13.8 Å². The summed E-state index contributed by atoms with van der Waals surface area (Å²) in [5, 5.41) is 19.3. The summed E-state index contributed by atoms with van der Waals surface area (Å²) in [6.45, 7) is 3.49. The van der Waals surface area contributed by atoms with E-state index in [0.717, 1.165) is 11.3 Å². The van der Waals surface area contributed by atoms with Crippen LogP contribution >= 0.6 is 0 Å². The largest absolute Gasteiger partial charge is 0.505 e. The zero-order valence-electron chi connectivity index (χ0n) is 11.0. The normalized spacial score (nSPS) is 11.1. The van der Waals surface area contributed by atoms with Crippen LogP contribution in [0.4, 0.5) is 5.69 Å². The lowest BCUT2D eigenvalue weighted by atomic mass is 10.1. The number of aliphatic hydroxyl groups excluding tert-OH is 1. The van der Waals surface area contributed by atoms with E-state index in [2.05, 4.69) is 9.98 Å². The molecule has 2 N–H and O–H groups in total. The summed E-state index contributed by atoms with van der Waals surface area (Å²) in [6, 6.07) is 7.72. The summed E-state index contributed by atoms with van der Waals surface area (Å²) in [5.41, 5.74) is 3.47. The van der Waals surface area contributed by atoms with Crippen LogP contribution in [0.5, 0.6) is 5.75 Å². The second-order valence-corrected chi connectivity index (χ2v) is 4.33. The van der Waals surface area contributed by atoms with Crippen molar-refractivity contribution in [2.45, 2.75) is 20.5 Å². The van der Waals surface area contributed by atoms with Crippen LogP contribution in [0.25, 0.3) is 0 Å². The van der Waals surface area contributed by atoms with Gasteiger partial charge in [-0.1, -0.05) is 18.2 Å². The fraction of sp³-hybridized carbons (Fsp3) is 0.200. The van der Waals surface area contributed by atoms with Gasteiger partial charge in [-0.3, -0.25) is 9.98 Å². The highest BCUT2D eigenvalue weighted by molar-refractivity contribution is 5.87. The second kappa shape index (κ2) is 5.63. The van der Waals surface area contributed by atoms with Crippen molar-refractivity contribution in [1.82, 2.24) is 4.98 Å². The number of aromatic hydroxyl groups is 1. The van der Waals surface area contributed by atoms with E-state index >= 15 is 0 Å². The van der Waals surface area contributed by atoms with E-state index in [1.54, 1.807) is 19.3 Å². The Morgan fingerprint density at radius 2 is 2.00 bits per heavy atom. The Kier molecular flexibility index (Phi) is 3.92. The van der Waals surface area contributed by atoms with Crippen molar-refractivity contribution in [3.63, 3.8) is 0 Å². The molecule has 0 amide bonds. The van der Waals surface area contributed by atoms with Crippen molar-refractivity contribution in [2.24, 2.45) is 4.99 Å². The maximum Gasteiger partial charge on any atom is 0.145 e. The number of para-hydroxylation sites is 1. The zero-order chi connectivity index (χ0) is 13.8. The molecule has 2 aromatic rings. The third-order valence-electron chi connectivity index (χ3n) is 2.98. The number of aliphatic imine (C=N–C) groups is 1. The van der Waals surface area contributed by atoms with Gasteiger partial charge in [-0.2, -0.15) is 0 Å². The topological polar surface area (TPSA) is 65.7 Å². The van der Waals surface area contributed by atoms with Crippen molar-refractivity contribution in [1.29, 1.82) is 0 Å². The van der Waals surface area contributed by atoms with E-state index in [1.165, 1.54) is 0 Å². The Morgan fingerprint density at radius 3 is 2.68 bits per heavy atom. The monoisotopic (exact) mass is 256 g/mol. The van der Waals surface area contributed by atoms with Gasteiger partial charge < -0.3 is 10.2 Å². The van der Waals surface area contributed by atoms with Gasteiger partial charge in [0, 0.05) is 23.5 Å². The molecule has 0 aliphatic rings. The third kappa shape index (κ3) is 2.80. The molecule has 2 rings (SSSR count). The third-order valence-corrected chi connectivity index (χ3v) is 2.98. The van der Waals surface area contributed by atoms with E-state index in [-0.39, 0.29) is 12.4 Å². The molecule has 1 aromatic carbocycles. The quantitative estimate of drug-likeness (QED) is 0.830. The van der Waals surface area contributed by atoms with E-state index in [4.69, 9.17) is 0 Å². The number of nitrogens with zero attached hydrogens (tertiary/aromatic N) is 2. The van der Waals surface area contributed by atoms with Gasteiger partial charge in [0.2, 0.25) is 0 Å². The molecule has 0 aliphatic carbocycles. The first-order valence-electron chi connectivity index (χ1n) is 6.01. The minimum Gasteiger partial charge on any atom is -0.505 e. The molecule has 0 aliphatic heterocycles. The molecular formula is C15H16N2O2. The fourth-order valence-corrected chi connectivity index (χ4v) is 1.76. The van der Waals surface area contributed by atoms with Crippen molar-refractivity contribution < 1.29 is 10.2 Å². The van der Waals surface area contributed by atoms with Crippen LogP contribution < -0.4 is 0 Å². The molecule has 0 saturated carbocycles. The Labute approximate surface area is 112 Å². The van der Waals surface area contributed by atoms with Crippen molar-refractivity contribution in [3.8, 4) is 5.75 Å². The van der Waals surface area contributed by atoms with Gasteiger partial charge in [0.25, 0.3) is 0 Å². The number of aryl methyl sites for hydroxylation is 2. The predicted octanol–water partition coefficient (Wildman–Crippen LogP) is 2.65. The highest BCUT2D eigenvalue weighted by atomic mass is 16.3. The molecule has 1 heterocycles. The van der Waals surface area contributed by atoms with Gasteiger partial charge >= 0.3 is 0 Å². The summed E-state index contributed by atoms with van der Waals surface area (Å²) in [4.78, 5) is 8.37. The average molecular weight is 256 g/mol. The molecule has 0 spiro atoms.